The summed E-state index contributed by atoms with van der Waals surface area (Å²) in [6.07, 6.45) is 2.24. The third-order valence-corrected chi connectivity index (χ3v) is 6.02. The summed E-state index contributed by atoms with van der Waals surface area (Å²) in [6.45, 7) is 11.6. The van der Waals surface area contributed by atoms with E-state index in [-0.39, 0.29) is 29.5 Å². The summed E-state index contributed by atoms with van der Waals surface area (Å²) >= 11 is 2.06. The van der Waals surface area contributed by atoms with Crippen molar-refractivity contribution in [3.05, 3.63) is 0 Å². The molecule has 6 nitrogen and oxygen atoms in total. The first-order chi connectivity index (χ1) is 12.2. The van der Waals surface area contributed by atoms with E-state index in [1.165, 1.54) is 17.9 Å². The van der Waals surface area contributed by atoms with Crippen molar-refractivity contribution in [2.45, 2.75) is 32.2 Å². The van der Waals surface area contributed by atoms with Crippen LogP contribution in [-0.2, 0) is 9.47 Å². The second-order valence-corrected chi connectivity index (χ2v) is 8.41. The maximum Gasteiger partial charge on any atom is 0.191 e. The van der Waals surface area contributed by atoms with Crippen LogP contribution in [0.3, 0.4) is 0 Å². The largest absolute Gasteiger partial charge is 0.381 e. The number of rotatable bonds is 9. The molecule has 2 N–H and O–H groups in total. The fourth-order valence-corrected chi connectivity index (χ4v) is 4.78. The summed E-state index contributed by atoms with van der Waals surface area (Å²) in [7, 11) is 1.84. The molecule has 2 saturated heterocycles. The topological polar surface area (TPSA) is 58.1 Å². The zero-order valence-corrected chi connectivity index (χ0v) is 19.7. The van der Waals surface area contributed by atoms with Gasteiger partial charge >= 0.3 is 0 Å². The molecule has 2 heterocycles. The third-order valence-electron chi connectivity index (χ3n) is 4.78. The van der Waals surface area contributed by atoms with Gasteiger partial charge in [0.05, 0.1) is 13.2 Å². The van der Waals surface area contributed by atoms with Gasteiger partial charge in [-0.25, -0.2) is 0 Å². The quantitative estimate of drug-likeness (QED) is 0.219. The Morgan fingerprint density at radius 1 is 1.31 bits per heavy atom. The maximum atomic E-state index is 5.63. The Morgan fingerprint density at radius 2 is 2.08 bits per heavy atom. The van der Waals surface area contributed by atoms with Crippen molar-refractivity contribution in [1.82, 2.24) is 15.5 Å². The smallest absolute Gasteiger partial charge is 0.191 e. The van der Waals surface area contributed by atoms with Crippen LogP contribution in [0.4, 0.5) is 0 Å². The summed E-state index contributed by atoms with van der Waals surface area (Å²) in [5.41, 5.74) is 0.243. The van der Waals surface area contributed by atoms with E-state index < -0.39 is 0 Å². The minimum atomic E-state index is 0. The summed E-state index contributed by atoms with van der Waals surface area (Å²) < 4.78 is 11.2. The molecule has 0 amide bonds. The molecule has 0 aromatic rings. The third kappa shape index (κ3) is 8.08. The van der Waals surface area contributed by atoms with Crippen molar-refractivity contribution in [3.63, 3.8) is 0 Å². The molecule has 2 rings (SSSR count). The van der Waals surface area contributed by atoms with Crippen LogP contribution in [0.1, 0.15) is 26.7 Å². The van der Waals surface area contributed by atoms with Crippen molar-refractivity contribution in [2.24, 2.45) is 10.9 Å². The van der Waals surface area contributed by atoms with Gasteiger partial charge in [-0.15, -0.1) is 24.0 Å². The number of halogens is 1. The van der Waals surface area contributed by atoms with E-state index >= 15 is 0 Å². The molecule has 0 saturated carbocycles. The molecule has 0 aromatic carbocycles. The van der Waals surface area contributed by atoms with Gasteiger partial charge in [-0.2, -0.15) is 11.8 Å². The van der Waals surface area contributed by atoms with Gasteiger partial charge in [0.1, 0.15) is 0 Å². The van der Waals surface area contributed by atoms with Crippen molar-refractivity contribution in [2.75, 3.05) is 71.2 Å². The number of nitrogens with zero attached hydrogens (tertiary/aromatic N) is 2. The van der Waals surface area contributed by atoms with Gasteiger partial charge in [0.15, 0.2) is 5.96 Å². The molecule has 2 aliphatic rings. The molecule has 0 spiro atoms. The van der Waals surface area contributed by atoms with E-state index in [4.69, 9.17) is 9.47 Å². The second kappa shape index (κ2) is 13.4. The van der Waals surface area contributed by atoms with E-state index in [0.717, 1.165) is 65.0 Å². The van der Waals surface area contributed by atoms with Crippen molar-refractivity contribution < 1.29 is 9.47 Å². The number of morpholine rings is 1. The number of thioether (sulfide) groups is 1. The first kappa shape index (κ1) is 24.3. The molecular formula is C18H37IN4O2S. The lowest BCUT2D eigenvalue weighted by Gasteiger charge is -2.43. The Bertz CT molecular complexity index is 401. The van der Waals surface area contributed by atoms with Gasteiger partial charge in [-0.05, 0) is 24.5 Å². The number of hydrogen-bond donors (Lipinski definition) is 2. The zero-order chi connectivity index (χ0) is 18.0. The van der Waals surface area contributed by atoms with Crippen LogP contribution in [0.15, 0.2) is 4.99 Å². The molecular weight excluding hydrogens is 463 g/mol. The number of guanidine groups is 1. The average Bonchev–Trinajstić information content (AvgIpc) is 3.11. The van der Waals surface area contributed by atoms with Crippen LogP contribution in [0.5, 0.6) is 0 Å². The van der Waals surface area contributed by atoms with Crippen LogP contribution in [0.2, 0.25) is 0 Å². The van der Waals surface area contributed by atoms with Crippen LogP contribution < -0.4 is 10.6 Å². The molecule has 154 valence electrons. The molecule has 8 heteroatoms. The Hall–Kier alpha value is 0.230. The molecule has 26 heavy (non-hydrogen) atoms. The Balaban J connectivity index is 0.00000338. The number of hydrogen-bond acceptors (Lipinski definition) is 5. The first-order valence-electron chi connectivity index (χ1n) is 9.59. The highest BCUT2D eigenvalue weighted by atomic mass is 127. The molecule has 0 radical (unpaired) electrons. The average molecular weight is 500 g/mol. The van der Waals surface area contributed by atoms with E-state index in [0.29, 0.717) is 5.92 Å². The van der Waals surface area contributed by atoms with Gasteiger partial charge in [0.2, 0.25) is 0 Å². The highest BCUT2D eigenvalue weighted by Crippen LogP contribution is 2.33. The summed E-state index contributed by atoms with van der Waals surface area (Å²) in [4.78, 5) is 7.00. The SMILES string of the molecule is CN=C(NCCCOCC(C)C)NCC1(N2CCOCC2)CCSC1.I. The summed E-state index contributed by atoms with van der Waals surface area (Å²) in [5.74, 6) is 3.94. The molecule has 2 fully saturated rings. The lowest BCUT2D eigenvalue weighted by molar-refractivity contribution is -0.0120. The lowest BCUT2D eigenvalue weighted by Crippen LogP contribution is -2.60. The van der Waals surface area contributed by atoms with Gasteiger partial charge in [-0.1, -0.05) is 13.8 Å². The Kier molecular flexibility index (Phi) is 12.5. The summed E-state index contributed by atoms with van der Waals surface area (Å²) in [5, 5.41) is 6.97. The van der Waals surface area contributed by atoms with Crippen LogP contribution >= 0.6 is 35.7 Å². The highest BCUT2D eigenvalue weighted by Gasteiger charge is 2.40. The minimum Gasteiger partial charge on any atom is -0.381 e. The van der Waals surface area contributed by atoms with E-state index in [9.17, 15) is 0 Å². The van der Waals surface area contributed by atoms with Gasteiger partial charge in [-0.3, -0.25) is 9.89 Å². The first-order valence-corrected chi connectivity index (χ1v) is 10.7. The number of nitrogens with one attached hydrogen (secondary N) is 2. The monoisotopic (exact) mass is 500 g/mol. The summed E-state index contributed by atoms with van der Waals surface area (Å²) in [6, 6.07) is 0. The Labute approximate surface area is 180 Å². The standard InChI is InChI=1S/C18H36N4O2S.HI/c1-16(2)13-24-9-4-6-20-17(19-3)21-14-18(5-12-25-15-18)22-7-10-23-11-8-22;/h16H,4-15H2,1-3H3,(H2,19,20,21);1H. The second-order valence-electron chi connectivity index (χ2n) is 7.30. The van der Waals surface area contributed by atoms with Crippen molar-refractivity contribution >= 4 is 41.7 Å². The molecule has 2 aliphatic heterocycles. The minimum absolute atomic E-state index is 0. The van der Waals surface area contributed by atoms with Crippen molar-refractivity contribution in [1.29, 1.82) is 0 Å². The molecule has 1 atom stereocenters. The lowest BCUT2D eigenvalue weighted by atomic mass is 9.95. The fourth-order valence-electron chi connectivity index (χ4n) is 3.30. The Morgan fingerprint density at radius 3 is 2.69 bits per heavy atom. The molecule has 0 bridgehead atoms. The predicted octanol–water partition coefficient (Wildman–Crippen LogP) is 2.04. The van der Waals surface area contributed by atoms with Crippen molar-refractivity contribution in [3.8, 4) is 0 Å². The zero-order valence-electron chi connectivity index (χ0n) is 16.6. The van der Waals surface area contributed by atoms with Gasteiger partial charge in [0.25, 0.3) is 0 Å². The number of ether oxygens (including phenoxy) is 2. The predicted molar refractivity (Wildman–Crippen MR) is 122 cm³/mol. The molecule has 0 aromatic heterocycles. The van der Waals surface area contributed by atoms with E-state index in [1.54, 1.807) is 0 Å². The fraction of sp³-hybridized carbons (Fsp3) is 0.944. The van der Waals surface area contributed by atoms with E-state index in [1.807, 2.05) is 7.05 Å². The normalized spacial score (nSPS) is 24.5. The van der Waals surface area contributed by atoms with Crippen LogP contribution in [0.25, 0.3) is 0 Å². The van der Waals surface area contributed by atoms with Crippen LogP contribution in [-0.4, -0.2) is 87.6 Å². The van der Waals surface area contributed by atoms with Gasteiger partial charge < -0.3 is 20.1 Å². The van der Waals surface area contributed by atoms with Crippen LogP contribution in [0, 0.1) is 5.92 Å². The maximum absolute atomic E-state index is 5.63. The van der Waals surface area contributed by atoms with E-state index in [2.05, 4.69) is 46.1 Å². The number of aliphatic imine (C=N–C) groups is 1. The van der Waals surface area contributed by atoms with Gasteiger partial charge in [0, 0.05) is 57.7 Å². The molecule has 0 aliphatic carbocycles. The highest BCUT2D eigenvalue weighted by molar-refractivity contribution is 14.0. The molecule has 1 unspecified atom stereocenters.